The van der Waals surface area contributed by atoms with Gasteiger partial charge in [-0.05, 0) is 30.5 Å². The molecule has 0 N–H and O–H groups in total. The summed E-state index contributed by atoms with van der Waals surface area (Å²) in [5.41, 5.74) is 0.137. The molecule has 1 aromatic carbocycles. The normalized spacial score (nSPS) is 25.1. The van der Waals surface area contributed by atoms with E-state index in [1.54, 1.807) is 0 Å². The molecule has 0 bridgehead atoms. The van der Waals surface area contributed by atoms with Gasteiger partial charge in [-0.2, -0.15) is 13.2 Å². The van der Waals surface area contributed by atoms with Crippen LogP contribution in [0.15, 0.2) is 24.3 Å². The van der Waals surface area contributed by atoms with Crippen LogP contribution in [-0.4, -0.2) is 12.5 Å². The van der Waals surface area contributed by atoms with Gasteiger partial charge in [0.15, 0.2) is 0 Å². The molecular formula is C13H14ClF3O. The average Bonchev–Trinajstić information content (AvgIpc) is 2.38. The van der Waals surface area contributed by atoms with E-state index in [0.717, 1.165) is 30.5 Å². The fraction of sp³-hybridized carbons (Fsp3) is 0.538. The van der Waals surface area contributed by atoms with Crippen molar-refractivity contribution < 1.29 is 17.9 Å². The zero-order valence-corrected chi connectivity index (χ0v) is 10.5. The molecule has 1 fully saturated rings. The maximum atomic E-state index is 12.5. The molecule has 0 aliphatic carbocycles. The van der Waals surface area contributed by atoms with Crippen molar-refractivity contribution in [1.82, 2.24) is 0 Å². The van der Waals surface area contributed by atoms with Gasteiger partial charge in [0.2, 0.25) is 0 Å². The van der Waals surface area contributed by atoms with E-state index in [-0.39, 0.29) is 12.0 Å². The quantitative estimate of drug-likeness (QED) is 0.728. The van der Waals surface area contributed by atoms with Crippen LogP contribution in [-0.2, 0) is 10.9 Å². The predicted octanol–water partition coefficient (Wildman–Crippen LogP) is 4.41. The fourth-order valence-corrected chi connectivity index (χ4v) is 2.55. The summed E-state index contributed by atoms with van der Waals surface area (Å²) in [6.45, 7) is 0.638. The topological polar surface area (TPSA) is 9.23 Å². The van der Waals surface area contributed by atoms with Crippen molar-refractivity contribution in [3.63, 3.8) is 0 Å². The molecule has 1 aliphatic heterocycles. The molecule has 2 atom stereocenters. The zero-order valence-electron chi connectivity index (χ0n) is 9.71. The first-order valence-electron chi connectivity index (χ1n) is 5.87. The van der Waals surface area contributed by atoms with Crippen molar-refractivity contribution in [2.75, 3.05) is 12.5 Å². The van der Waals surface area contributed by atoms with E-state index in [0.29, 0.717) is 12.5 Å². The van der Waals surface area contributed by atoms with Crippen LogP contribution < -0.4 is 0 Å². The SMILES string of the molecule is FC(F)(F)c1ccc([C@@H]2OCCC[C@@H]2CCl)cc1. The molecule has 0 radical (unpaired) electrons. The Balaban J connectivity index is 2.18. The smallest absolute Gasteiger partial charge is 0.373 e. The zero-order chi connectivity index (χ0) is 13.2. The fourth-order valence-electron chi connectivity index (χ4n) is 2.23. The highest BCUT2D eigenvalue weighted by atomic mass is 35.5. The lowest BCUT2D eigenvalue weighted by Gasteiger charge is -2.30. The Bertz CT molecular complexity index is 388. The maximum absolute atomic E-state index is 12.5. The Kier molecular flexibility index (Phi) is 4.17. The summed E-state index contributed by atoms with van der Waals surface area (Å²) in [7, 11) is 0. The molecule has 1 saturated heterocycles. The van der Waals surface area contributed by atoms with Crippen LogP contribution in [0.1, 0.15) is 30.1 Å². The van der Waals surface area contributed by atoms with Gasteiger partial charge in [0, 0.05) is 18.4 Å². The van der Waals surface area contributed by atoms with E-state index >= 15 is 0 Å². The Morgan fingerprint density at radius 1 is 1.22 bits per heavy atom. The second-order valence-electron chi connectivity index (χ2n) is 4.47. The predicted molar refractivity (Wildman–Crippen MR) is 63.6 cm³/mol. The summed E-state index contributed by atoms with van der Waals surface area (Å²) in [4.78, 5) is 0. The van der Waals surface area contributed by atoms with Gasteiger partial charge in [-0.15, -0.1) is 11.6 Å². The van der Waals surface area contributed by atoms with E-state index in [1.165, 1.54) is 12.1 Å². The first-order chi connectivity index (χ1) is 8.52. The largest absolute Gasteiger partial charge is 0.416 e. The van der Waals surface area contributed by atoms with Crippen molar-refractivity contribution in [2.45, 2.75) is 25.1 Å². The number of ether oxygens (including phenoxy) is 1. The van der Waals surface area contributed by atoms with E-state index in [9.17, 15) is 13.2 Å². The molecule has 5 heteroatoms. The monoisotopic (exact) mass is 278 g/mol. The van der Waals surface area contributed by atoms with Crippen molar-refractivity contribution in [1.29, 1.82) is 0 Å². The Labute approximate surface area is 109 Å². The third-order valence-electron chi connectivity index (χ3n) is 3.21. The molecule has 1 aliphatic rings. The Morgan fingerprint density at radius 2 is 1.89 bits per heavy atom. The number of halogens is 4. The second kappa shape index (κ2) is 5.49. The van der Waals surface area contributed by atoms with Crippen LogP contribution in [0.25, 0.3) is 0 Å². The van der Waals surface area contributed by atoms with Gasteiger partial charge in [-0.25, -0.2) is 0 Å². The number of hydrogen-bond acceptors (Lipinski definition) is 1. The second-order valence-corrected chi connectivity index (χ2v) is 4.78. The molecule has 1 nitrogen and oxygen atoms in total. The van der Waals surface area contributed by atoms with Crippen LogP contribution >= 0.6 is 11.6 Å². The van der Waals surface area contributed by atoms with Crippen LogP contribution in [0.3, 0.4) is 0 Å². The van der Waals surface area contributed by atoms with E-state index in [4.69, 9.17) is 16.3 Å². The summed E-state index contributed by atoms with van der Waals surface area (Å²) in [6, 6.07) is 5.16. The molecule has 0 saturated carbocycles. The summed E-state index contributed by atoms with van der Waals surface area (Å²) >= 11 is 5.87. The lowest BCUT2D eigenvalue weighted by molar-refractivity contribution is -0.137. The van der Waals surface area contributed by atoms with Crippen LogP contribution in [0.5, 0.6) is 0 Å². The Hall–Kier alpha value is -0.740. The highest BCUT2D eigenvalue weighted by Crippen LogP contribution is 2.36. The Morgan fingerprint density at radius 3 is 2.44 bits per heavy atom. The number of hydrogen-bond donors (Lipinski definition) is 0. The van der Waals surface area contributed by atoms with Gasteiger partial charge in [-0.3, -0.25) is 0 Å². The summed E-state index contributed by atoms with van der Waals surface area (Å²) in [6.07, 6.45) is -2.57. The molecule has 1 aromatic rings. The van der Waals surface area contributed by atoms with Crippen molar-refractivity contribution in [3.8, 4) is 0 Å². The summed E-state index contributed by atoms with van der Waals surface area (Å²) < 4.78 is 43.0. The lowest BCUT2D eigenvalue weighted by atomic mass is 9.90. The molecular weight excluding hydrogens is 265 g/mol. The van der Waals surface area contributed by atoms with Crippen LogP contribution in [0.4, 0.5) is 13.2 Å². The molecule has 0 spiro atoms. The van der Waals surface area contributed by atoms with Crippen molar-refractivity contribution in [2.24, 2.45) is 5.92 Å². The van der Waals surface area contributed by atoms with Gasteiger partial charge in [0.1, 0.15) is 0 Å². The van der Waals surface area contributed by atoms with Crippen molar-refractivity contribution >= 4 is 11.6 Å². The van der Waals surface area contributed by atoms with E-state index in [2.05, 4.69) is 0 Å². The van der Waals surface area contributed by atoms with E-state index < -0.39 is 11.7 Å². The van der Waals surface area contributed by atoms with Gasteiger partial charge in [0.05, 0.1) is 11.7 Å². The minimum absolute atomic E-state index is 0.178. The highest BCUT2D eigenvalue weighted by Gasteiger charge is 2.31. The van der Waals surface area contributed by atoms with Crippen LogP contribution in [0, 0.1) is 5.92 Å². The summed E-state index contributed by atoms with van der Waals surface area (Å²) in [5, 5.41) is 0. The van der Waals surface area contributed by atoms with Crippen molar-refractivity contribution in [3.05, 3.63) is 35.4 Å². The first kappa shape index (κ1) is 13.7. The van der Waals surface area contributed by atoms with Gasteiger partial charge in [-0.1, -0.05) is 12.1 Å². The third-order valence-corrected chi connectivity index (χ3v) is 3.61. The lowest BCUT2D eigenvalue weighted by Crippen LogP contribution is -2.23. The standard InChI is InChI=1S/C13H14ClF3O/c14-8-10-2-1-7-18-12(10)9-3-5-11(6-4-9)13(15,16)17/h3-6,10,12H,1-2,7-8H2/t10-,12+/m1/s1. The average molecular weight is 279 g/mol. The van der Waals surface area contributed by atoms with Crippen LogP contribution in [0.2, 0.25) is 0 Å². The van der Waals surface area contributed by atoms with Gasteiger partial charge >= 0.3 is 6.18 Å². The molecule has 1 heterocycles. The van der Waals surface area contributed by atoms with Gasteiger partial charge < -0.3 is 4.74 Å². The minimum atomic E-state index is -4.29. The summed E-state index contributed by atoms with van der Waals surface area (Å²) in [5.74, 6) is 0.642. The highest BCUT2D eigenvalue weighted by molar-refractivity contribution is 6.18. The number of rotatable bonds is 2. The molecule has 0 amide bonds. The number of benzene rings is 1. The third kappa shape index (κ3) is 2.98. The maximum Gasteiger partial charge on any atom is 0.416 e. The molecule has 100 valence electrons. The molecule has 18 heavy (non-hydrogen) atoms. The molecule has 0 unspecified atom stereocenters. The molecule has 2 rings (SSSR count). The van der Waals surface area contributed by atoms with E-state index in [1.807, 2.05) is 0 Å². The minimum Gasteiger partial charge on any atom is -0.373 e. The van der Waals surface area contributed by atoms with Gasteiger partial charge in [0.25, 0.3) is 0 Å². The number of alkyl halides is 4. The molecule has 0 aromatic heterocycles. The first-order valence-corrected chi connectivity index (χ1v) is 6.40.